The molecule has 0 saturated heterocycles. The molecule has 4 heteroatoms. The Labute approximate surface area is 95.5 Å². The lowest BCUT2D eigenvalue weighted by Crippen LogP contribution is -2.10. The second kappa shape index (κ2) is 6.00. The van der Waals surface area contributed by atoms with Crippen LogP contribution in [0.25, 0.3) is 0 Å². The molecule has 0 atom stereocenters. The van der Waals surface area contributed by atoms with E-state index in [9.17, 15) is 9.90 Å². The summed E-state index contributed by atoms with van der Waals surface area (Å²) in [5.41, 5.74) is 6.34. The van der Waals surface area contributed by atoms with E-state index in [1.54, 1.807) is 12.1 Å². The summed E-state index contributed by atoms with van der Waals surface area (Å²) in [6, 6.07) is 4.69. The first-order chi connectivity index (χ1) is 7.63. The van der Waals surface area contributed by atoms with Gasteiger partial charge in [0.2, 0.25) is 5.91 Å². The number of rotatable bonds is 5. The molecule has 0 aliphatic carbocycles. The minimum absolute atomic E-state index is 0.00800. The van der Waals surface area contributed by atoms with E-state index in [-0.39, 0.29) is 11.7 Å². The van der Waals surface area contributed by atoms with Crippen molar-refractivity contribution in [2.45, 2.75) is 32.6 Å². The van der Waals surface area contributed by atoms with Crippen LogP contribution in [0, 0.1) is 0 Å². The Kier molecular flexibility index (Phi) is 4.64. The molecule has 0 fully saturated rings. The molecular formula is C12H18N2O2. The number of hydrogen-bond acceptors (Lipinski definition) is 3. The van der Waals surface area contributed by atoms with Gasteiger partial charge in [-0.2, -0.15) is 0 Å². The molecule has 0 bridgehead atoms. The summed E-state index contributed by atoms with van der Waals surface area (Å²) in [6.45, 7) is 2.09. The van der Waals surface area contributed by atoms with Crippen molar-refractivity contribution in [1.29, 1.82) is 0 Å². The fourth-order valence-corrected chi connectivity index (χ4v) is 1.38. The number of carbonyl (C=O) groups excluding carboxylic acids is 1. The Morgan fingerprint density at radius 3 is 2.81 bits per heavy atom. The molecule has 0 heterocycles. The lowest BCUT2D eigenvalue weighted by atomic mass is 10.2. The number of hydrogen-bond donors (Lipinski definition) is 3. The van der Waals surface area contributed by atoms with Crippen molar-refractivity contribution in [1.82, 2.24) is 0 Å². The minimum atomic E-state index is -0.0300. The molecule has 0 radical (unpaired) electrons. The van der Waals surface area contributed by atoms with Crippen LogP contribution >= 0.6 is 0 Å². The summed E-state index contributed by atoms with van der Waals surface area (Å²) < 4.78 is 0. The van der Waals surface area contributed by atoms with Gasteiger partial charge in [0.15, 0.2) is 0 Å². The minimum Gasteiger partial charge on any atom is -0.506 e. The molecule has 0 aliphatic heterocycles. The van der Waals surface area contributed by atoms with Crippen molar-refractivity contribution in [2.24, 2.45) is 0 Å². The van der Waals surface area contributed by atoms with Crippen LogP contribution in [0.3, 0.4) is 0 Å². The second-order valence-electron chi connectivity index (χ2n) is 3.78. The van der Waals surface area contributed by atoms with E-state index in [2.05, 4.69) is 12.2 Å². The van der Waals surface area contributed by atoms with Gasteiger partial charge in [-0.3, -0.25) is 4.79 Å². The average Bonchev–Trinajstić information content (AvgIpc) is 2.24. The van der Waals surface area contributed by atoms with Gasteiger partial charge in [0.25, 0.3) is 0 Å². The molecular weight excluding hydrogens is 204 g/mol. The summed E-state index contributed by atoms with van der Waals surface area (Å²) >= 11 is 0. The van der Waals surface area contributed by atoms with Crippen molar-refractivity contribution in [3.8, 4) is 5.75 Å². The maximum Gasteiger partial charge on any atom is 0.224 e. The van der Waals surface area contributed by atoms with Gasteiger partial charge in [-0.25, -0.2) is 0 Å². The van der Waals surface area contributed by atoms with E-state index >= 15 is 0 Å². The summed E-state index contributed by atoms with van der Waals surface area (Å²) in [7, 11) is 0. The van der Waals surface area contributed by atoms with Crippen LogP contribution < -0.4 is 11.1 Å². The Bertz CT molecular complexity index is 364. The van der Waals surface area contributed by atoms with E-state index in [0.29, 0.717) is 17.8 Å². The van der Waals surface area contributed by atoms with Gasteiger partial charge in [-0.1, -0.05) is 19.8 Å². The highest BCUT2D eigenvalue weighted by Gasteiger charge is 2.03. The Morgan fingerprint density at radius 1 is 1.44 bits per heavy atom. The molecule has 4 N–H and O–H groups in total. The van der Waals surface area contributed by atoms with Crippen molar-refractivity contribution in [3.63, 3.8) is 0 Å². The number of benzene rings is 1. The number of phenolic OH excluding ortho intramolecular Hbond substituents is 1. The van der Waals surface area contributed by atoms with Crippen LogP contribution in [0.4, 0.5) is 11.4 Å². The highest BCUT2D eigenvalue weighted by Crippen LogP contribution is 2.23. The third-order valence-corrected chi connectivity index (χ3v) is 2.32. The van der Waals surface area contributed by atoms with Crippen LogP contribution in [0.2, 0.25) is 0 Å². The first-order valence-electron chi connectivity index (χ1n) is 5.52. The molecule has 0 unspecified atom stereocenters. The van der Waals surface area contributed by atoms with Gasteiger partial charge in [-0.15, -0.1) is 0 Å². The number of aromatic hydroxyl groups is 1. The van der Waals surface area contributed by atoms with Crippen LogP contribution in [-0.2, 0) is 4.79 Å². The molecule has 1 aromatic carbocycles. The number of carbonyl (C=O) groups is 1. The SMILES string of the molecule is CCCCCC(=O)Nc1ccc(N)c(O)c1. The van der Waals surface area contributed by atoms with Gasteiger partial charge in [0, 0.05) is 18.2 Å². The molecule has 4 nitrogen and oxygen atoms in total. The van der Waals surface area contributed by atoms with Gasteiger partial charge in [-0.05, 0) is 18.6 Å². The maximum atomic E-state index is 11.5. The van der Waals surface area contributed by atoms with E-state index in [4.69, 9.17) is 5.73 Å². The van der Waals surface area contributed by atoms with Gasteiger partial charge >= 0.3 is 0 Å². The number of phenols is 1. The molecule has 1 rings (SSSR count). The zero-order valence-electron chi connectivity index (χ0n) is 9.49. The van der Waals surface area contributed by atoms with Crippen LogP contribution in [0.5, 0.6) is 5.75 Å². The van der Waals surface area contributed by atoms with E-state index in [1.165, 1.54) is 6.07 Å². The molecule has 0 aliphatic rings. The summed E-state index contributed by atoms with van der Waals surface area (Å²) in [6.07, 6.45) is 3.55. The third-order valence-electron chi connectivity index (χ3n) is 2.32. The van der Waals surface area contributed by atoms with Crippen molar-refractivity contribution < 1.29 is 9.90 Å². The van der Waals surface area contributed by atoms with Crippen molar-refractivity contribution in [2.75, 3.05) is 11.1 Å². The zero-order chi connectivity index (χ0) is 12.0. The third kappa shape index (κ3) is 3.81. The average molecular weight is 222 g/mol. The molecule has 1 aromatic rings. The second-order valence-corrected chi connectivity index (χ2v) is 3.78. The molecule has 88 valence electrons. The van der Waals surface area contributed by atoms with E-state index in [1.807, 2.05) is 0 Å². The van der Waals surface area contributed by atoms with Gasteiger partial charge < -0.3 is 16.2 Å². The summed E-state index contributed by atoms with van der Waals surface area (Å²) in [5, 5.41) is 12.1. The lowest BCUT2D eigenvalue weighted by molar-refractivity contribution is -0.116. The first kappa shape index (κ1) is 12.4. The zero-order valence-corrected chi connectivity index (χ0v) is 9.49. The van der Waals surface area contributed by atoms with Crippen LogP contribution in [0.15, 0.2) is 18.2 Å². The normalized spacial score (nSPS) is 10.1. The Morgan fingerprint density at radius 2 is 2.19 bits per heavy atom. The van der Waals surface area contributed by atoms with Crippen LogP contribution in [-0.4, -0.2) is 11.0 Å². The van der Waals surface area contributed by atoms with E-state index in [0.717, 1.165) is 19.3 Å². The van der Waals surface area contributed by atoms with Gasteiger partial charge in [0.1, 0.15) is 5.75 Å². The number of anilines is 2. The predicted molar refractivity (Wildman–Crippen MR) is 65.3 cm³/mol. The summed E-state index contributed by atoms with van der Waals surface area (Å²) in [4.78, 5) is 11.5. The molecule has 0 spiro atoms. The number of nitrogens with one attached hydrogen (secondary N) is 1. The standard InChI is InChI=1S/C12H18N2O2/c1-2-3-4-5-12(16)14-9-6-7-10(13)11(15)8-9/h6-8,15H,2-5,13H2,1H3,(H,14,16). The van der Waals surface area contributed by atoms with Gasteiger partial charge in [0.05, 0.1) is 5.69 Å². The Hall–Kier alpha value is -1.71. The highest BCUT2D eigenvalue weighted by atomic mass is 16.3. The number of amides is 1. The summed E-state index contributed by atoms with van der Waals surface area (Å²) in [5.74, 6) is -0.0380. The van der Waals surface area contributed by atoms with E-state index < -0.39 is 0 Å². The molecule has 0 saturated carbocycles. The van der Waals surface area contributed by atoms with Crippen molar-refractivity contribution >= 4 is 17.3 Å². The first-order valence-corrected chi connectivity index (χ1v) is 5.52. The topological polar surface area (TPSA) is 75.4 Å². The number of nitrogen functional groups attached to an aromatic ring is 1. The molecule has 0 aromatic heterocycles. The fourth-order valence-electron chi connectivity index (χ4n) is 1.38. The number of unbranched alkanes of at least 4 members (excludes halogenated alkanes) is 2. The highest BCUT2D eigenvalue weighted by molar-refractivity contribution is 5.91. The fraction of sp³-hybridized carbons (Fsp3) is 0.417. The van der Waals surface area contributed by atoms with Crippen molar-refractivity contribution in [3.05, 3.63) is 18.2 Å². The monoisotopic (exact) mass is 222 g/mol. The predicted octanol–water partition coefficient (Wildman–Crippen LogP) is 2.49. The lowest BCUT2D eigenvalue weighted by Gasteiger charge is -2.06. The Balaban J connectivity index is 2.46. The quantitative estimate of drug-likeness (QED) is 0.407. The number of nitrogens with two attached hydrogens (primary N) is 1. The maximum absolute atomic E-state index is 11.5. The smallest absolute Gasteiger partial charge is 0.224 e. The largest absolute Gasteiger partial charge is 0.506 e. The van der Waals surface area contributed by atoms with Crippen LogP contribution in [0.1, 0.15) is 32.6 Å². The molecule has 1 amide bonds. The molecule has 16 heavy (non-hydrogen) atoms.